The monoisotopic (exact) mass is 380 g/mol. The summed E-state index contributed by atoms with van der Waals surface area (Å²) in [5.74, 6) is 0.155. The summed E-state index contributed by atoms with van der Waals surface area (Å²) >= 11 is 0. The van der Waals surface area contributed by atoms with Gasteiger partial charge in [0.1, 0.15) is 6.54 Å². The smallest absolute Gasteiger partial charge is 0.239 e. The number of rotatable bonds is 6. The van der Waals surface area contributed by atoms with Crippen LogP contribution in [-0.4, -0.2) is 29.8 Å². The predicted octanol–water partition coefficient (Wildman–Crippen LogP) is 4.53. The first-order valence-corrected chi connectivity index (χ1v) is 11.0. The standard InChI is InChI=1S/C24H32N2O2/c27-21(25-17-14-19-10-4-1-5-11-19)18-26-22(20-12-6-2-7-13-20)24(23(26)28)15-8-3-9-16-24/h2,6-7,10,12-13,22H,1,3-5,8-9,11,14-18H2,(H,25,27). The number of nitrogens with one attached hydrogen (secondary N) is 1. The van der Waals surface area contributed by atoms with E-state index in [9.17, 15) is 9.59 Å². The molecule has 1 spiro atoms. The molecule has 0 aromatic heterocycles. The summed E-state index contributed by atoms with van der Waals surface area (Å²) in [7, 11) is 0. The first-order chi connectivity index (χ1) is 13.7. The normalized spacial score (nSPS) is 23.9. The average molecular weight is 381 g/mol. The quantitative estimate of drug-likeness (QED) is 0.582. The minimum atomic E-state index is -0.271. The van der Waals surface area contributed by atoms with Gasteiger partial charge in [-0.25, -0.2) is 0 Å². The summed E-state index contributed by atoms with van der Waals surface area (Å²) < 4.78 is 0. The molecule has 2 fully saturated rings. The van der Waals surface area contributed by atoms with Gasteiger partial charge in [0.2, 0.25) is 11.8 Å². The number of carbonyl (C=O) groups excluding carboxylic acids is 2. The number of β-lactam (4-membered cyclic amide) rings is 1. The molecular weight excluding hydrogens is 348 g/mol. The van der Waals surface area contributed by atoms with Crippen molar-refractivity contribution in [2.24, 2.45) is 5.41 Å². The van der Waals surface area contributed by atoms with Crippen LogP contribution in [0.4, 0.5) is 0 Å². The molecule has 3 aliphatic rings. The topological polar surface area (TPSA) is 49.4 Å². The summed E-state index contributed by atoms with van der Waals surface area (Å²) in [6.07, 6.45) is 13.5. The fourth-order valence-corrected chi connectivity index (χ4v) is 5.42. The Morgan fingerprint density at radius 2 is 1.86 bits per heavy atom. The fourth-order valence-electron chi connectivity index (χ4n) is 5.42. The molecule has 1 saturated heterocycles. The molecule has 4 nitrogen and oxygen atoms in total. The number of carbonyl (C=O) groups is 2. The lowest BCUT2D eigenvalue weighted by Crippen LogP contribution is -2.65. The van der Waals surface area contributed by atoms with Gasteiger partial charge in [0, 0.05) is 6.54 Å². The Labute approximate surface area is 168 Å². The van der Waals surface area contributed by atoms with Crippen LogP contribution < -0.4 is 5.32 Å². The number of hydrogen-bond acceptors (Lipinski definition) is 2. The molecule has 1 saturated carbocycles. The van der Waals surface area contributed by atoms with Gasteiger partial charge in [-0.1, -0.05) is 61.2 Å². The average Bonchev–Trinajstić information content (AvgIpc) is 2.75. The minimum Gasteiger partial charge on any atom is -0.354 e. The molecule has 1 atom stereocenters. The van der Waals surface area contributed by atoms with Crippen molar-refractivity contribution in [3.05, 3.63) is 47.5 Å². The van der Waals surface area contributed by atoms with Crippen LogP contribution in [0.1, 0.15) is 75.8 Å². The van der Waals surface area contributed by atoms with E-state index >= 15 is 0 Å². The van der Waals surface area contributed by atoms with E-state index in [0.717, 1.165) is 32.1 Å². The second-order valence-corrected chi connectivity index (χ2v) is 8.67. The molecule has 4 rings (SSSR count). The first-order valence-electron chi connectivity index (χ1n) is 11.0. The molecule has 0 radical (unpaired) electrons. The van der Waals surface area contributed by atoms with Crippen molar-refractivity contribution in [1.82, 2.24) is 10.2 Å². The summed E-state index contributed by atoms with van der Waals surface area (Å²) in [5.41, 5.74) is 2.37. The van der Waals surface area contributed by atoms with Gasteiger partial charge in [-0.2, -0.15) is 0 Å². The first kappa shape index (κ1) is 19.2. The van der Waals surface area contributed by atoms with Crippen molar-refractivity contribution in [3.8, 4) is 0 Å². The zero-order chi connectivity index (χ0) is 19.4. The molecule has 1 aromatic rings. The molecule has 0 bridgehead atoms. The zero-order valence-electron chi connectivity index (χ0n) is 16.8. The number of likely N-dealkylation sites (tertiary alicyclic amines) is 1. The third-order valence-electron chi connectivity index (χ3n) is 6.85. The molecule has 28 heavy (non-hydrogen) atoms. The number of allylic oxidation sites excluding steroid dienone is 1. The lowest BCUT2D eigenvalue weighted by Gasteiger charge is -2.58. The predicted molar refractivity (Wildman–Crippen MR) is 111 cm³/mol. The summed E-state index contributed by atoms with van der Waals surface area (Å²) in [6.45, 7) is 0.854. The Balaban J connectivity index is 1.39. The molecule has 2 amide bonds. The zero-order valence-corrected chi connectivity index (χ0v) is 16.8. The van der Waals surface area contributed by atoms with E-state index < -0.39 is 0 Å². The molecule has 1 aliphatic heterocycles. The third kappa shape index (κ3) is 3.74. The van der Waals surface area contributed by atoms with Gasteiger partial charge in [-0.05, 0) is 50.5 Å². The largest absolute Gasteiger partial charge is 0.354 e. The number of nitrogens with zero attached hydrogens (tertiary/aromatic N) is 1. The van der Waals surface area contributed by atoms with Crippen molar-refractivity contribution in [2.75, 3.05) is 13.1 Å². The maximum atomic E-state index is 13.1. The van der Waals surface area contributed by atoms with Gasteiger partial charge in [0.05, 0.1) is 11.5 Å². The van der Waals surface area contributed by atoms with Gasteiger partial charge in [0.25, 0.3) is 0 Å². The highest BCUT2D eigenvalue weighted by molar-refractivity contribution is 5.94. The van der Waals surface area contributed by atoms with E-state index in [1.54, 1.807) is 0 Å². The van der Waals surface area contributed by atoms with Crippen LogP contribution in [0.2, 0.25) is 0 Å². The fraction of sp³-hybridized carbons (Fsp3) is 0.583. The second-order valence-electron chi connectivity index (χ2n) is 8.67. The lowest BCUT2D eigenvalue weighted by molar-refractivity contribution is -0.180. The lowest BCUT2D eigenvalue weighted by atomic mass is 9.60. The van der Waals surface area contributed by atoms with Gasteiger partial charge in [0.15, 0.2) is 0 Å². The second kappa shape index (κ2) is 8.50. The van der Waals surface area contributed by atoms with E-state index in [1.807, 2.05) is 23.1 Å². The molecule has 1 unspecified atom stereocenters. The highest BCUT2D eigenvalue weighted by Crippen LogP contribution is 2.57. The van der Waals surface area contributed by atoms with Crippen LogP contribution in [0.5, 0.6) is 0 Å². The molecule has 150 valence electrons. The van der Waals surface area contributed by atoms with Gasteiger partial charge >= 0.3 is 0 Å². The molecule has 1 aromatic carbocycles. The molecular formula is C24H32N2O2. The van der Waals surface area contributed by atoms with Crippen molar-refractivity contribution in [2.45, 2.75) is 70.3 Å². The van der Waals surface area contributed by atoms with Crippen LogP contribution in [0.25, 0.3) is 0 Å². The van der Waals surface area contributed by atoms with Crippen LogP contribution in [-0.2, 0) is 9.59 Å². The number of amides is 2. The van der Waals surface area contributed by atoms with Crippen LogP contribution >= 0.6 is 0 Å². The molecule has 1 heterocycles. The highest BCUT2D eigenvalue weighted by atomic mass is 16.2. The maximum Gasteiger partial charge on any atom is 0.239 e. The summed E-state index contributed by atoms with van der Waals surface area (Å²) in [4.78, 5) is 27.5. The Hall–Kier alpha value is -2.10. The Morgan fingerprint density at radius 1 is 1.07 bits per heavy atom. The number of hydrogen-bond donors (Lipinski definition) is 1. The van der Waals surface area contributed by atoms with Gasteiger partial charge in [-0.3, -0.25) is 9.59 Å². The van der Waals surface area contributed by atoms with Crippen molar-refractivity contribution < 1.29 is 9.59 Å². The van der Waals surface area contributed by atoms with Gasteiger partial charge < -0.3 is 10.2 Å². The van der Waals surface area contributed by atoms with Gasteiger partial charge in [-0.15, -0.1) is 0 Å². The van der Waals surface area contributed by atoms with Crippen LogP contribution in [0, 0.1) is 5.41 Å². The van der Waals surface area contributed by atoms with E-state index in [2.05, 4.69) is 23.5 Å². The SMILES string of the molecule is O=C(CN1C(=O)C2(CCCCC2)C1c1ccccc1)NCCC1=CCCCC1. The van der Waals surface area contributed by atoms with Crippen molar-refractivity contribution >= 4 is 11.8 Å². The van der Waals surface area contributed by atoms with Crippen molar-refractivity contribution in [3.63, 3.8) is 0 Å². The van der Waals surface area contributed by atoms with E-state index in [4.69, 9.17) is 0 Å². The van der Waals surface area contributed by atoms with E-state index in [-0.39, 0.29) is 29.8 Å². The minimum absolute atomic E-state index is 0.0312. The van der Waals surface area contributed by atoms with Crippen molar-refractivity contribution in [1.29, 1.82) is 0 Å². The highest BCUT2D eigenvalue weighted by Gasteiger charge is 2.60. The maximum absolute atomic E-state index is 13.1. The van der Waals surface area contributed by atoms with Crippen LogP contribution in [0.3, 0.4) is 0 Å². The van der Waals surface area contributed by atoms with Crippen LogP contribution in [0.15, 0.2) is 42.0 Å². The van der Waals surface area contributed by atoms with E-state index in [0.29, 0.717) is 6.54 Å². The Kier molecular flexibility index (Phi) is 5.84. The van der Waals surface area contributed by atoms with E-state index in [1.165, 1.54) is 43.2 Å². The molecule has 1 N–H and O–H groups in total. The summed E-state index contributed by atoms with van der Waals surface area (Å²) in [5, 5.41) is 3.04. The summed E-state index contributed by atoms with van der Waals surface area (Å²) in [6, 6.07) is 10.3. The number of benzene rings is 1. The molecule has 2 aliphatic carbocycles. The Bertz CT molecular complexity index is 734. The molecule has 4 heteroatoms. The third-order valence-corrected chi connectivity index (χ3v) is 6.85. The Morgan fingerprint density at radius 3 is 2.57 bits per heavy atom.